The summed E-state index contributed by atoms with van der Waals surface area (Å²) in [7, 11) is 0. The predicted octanol–water partition coefficient (Wildman–Crippen LogP) is 1.87. The van der Waals surface area contributed by atoms with Crippen LogP contribution in [0.3, 0.4) is 0 Å². The van der Waals surface area contributed by atoms with Crippen molar-refractivity contribution in [3.63, 3.8) is 0 Å². The fourth-order valence-electron chi connectivity index (χ4n) is 2.49. The molecule has 0 amide bonds. The molecular formula is C15H24BrN3. The molecule has 106 valence electrons. The Hall–Kier alpha value is -0.420. The third-order valence-electron chi connectivity index (χ3n) is 3.69. The first-order chi connectivity index (χ1) is 9.25. The van der Waals surface area contributed by atoms with E-state index in [2.05, 4.69) is 62.7 Å². The quantitative estimate of drug-likeness (QED) is 0.782. The van der Waals surface area contributed by atoms with Crippen LogP contribution < -0.4 is 10.6 Å². The second kappa shape index (κ2) is 8.00. The lowest BCUT2D eigenvalue weighted by Gasteiger charge is -2.32. The largest absolute Gasteiger partial charge is 0.315 e. The molecule has 1 aliphatic rings. The van der Waals surface area contributed by atoms with E-state index in [1.165, 1.54) is 23.1 Å². The number of nitrogens with zero attached hydrogens (tertiary/aromatic N) is 1. The summed E-state index contributed by atoms with van der Waals surface area (Å²) in [6.45, 7) is 9.05. The van der Waals surface area contributed by atoms with E-state index in [0.717, 1.165) is 32.6 Å². The first-order valence-corrected chi connectivity index (χ1v) is 7.95. The van der Waals surface area contributed by atoms with E-state index < -0.39 is 0 Å². The zero-order chi connectivity index (χ0) is 13.5. The Morgan fingerprint density at radius 1 is 1.37 bits per heavy atom. The van der Waals surface area contributed by atoms with E-state index >= 15 is 0 Å². The Bertz CT molecular complexity index is 377. The van der Waals surface area contributed by atoms with E-state index in [1.807, 2.05) is 0 Å². The van der Waals surface area contributed by atoms with Crippen LogP contribution in [0.2, 0.25) is 0 Å². The molecule has 0 spiro atoms. The summed E-state index contributed by atoms with van der Waals surface area (Å²) in [5, 5.41) is 6.97. The number of piperazine rings is 1. The molecule has 0 aromatic heterocycles. The van der Waals surface area contributed by atoms with Crippen LogP contribution in [-0.2, 0) is 6.42 Å². The van der Waals surface area contributed by atoms with Crippen LogP contribution in [0.5, 0.6) is 0 Å². The second-order valence-corrected chi connectivity index (χ2v) is 6.13. The van der Waals surface area contributed by atoms with E-state index in [-0.39, 0.29) is 0 Å². The molecule has 1 aromatic carbocycles. The number of hydrogen-bond acceptors (Lipinski definition) is 3. The van der Waals surface area contributed by atoms with Gasteiger partial charge in [0.05, 0.1) is 0 Å². The number of halogens is 1. The number of nitrogens with one attached hydrogen (secondary N) is 2. The lowest BCUT2D eigenvalue weighted by Crippen LogP contribution is -2.50. The molecule has 1 aromatic rings. The van der Waals surface area contributed by atoms with Crippen LogP contribution in [0.15, 0.2) is 28.7 Å². The van der Waals surface area contributed by atoms with Gasteiger partial charge in [-0.15, -0.1) is 0 Å². The third kappa shape index (κ3) is 5.22. The van der Waals surface area contributed by atoms with E-state index in [4.69, 9.17) is 0 Å². The molecule has 0 aliphatic carbocycles. The van der Waals surface area contributed by atoms with E-state index in [1.54, 1.807) is 0 Å². The monoisotopic (exact) mass is 325 g/mol. The molecule has 0 radical (unpaired) electrons. The van der Waals surface area contributed by atoms with Gasteiger partial charge in [-0.2, -0.15) is 0 Å². The maximum absolute atomic E-state index is 3.57. The molecule has 4 heteroatoms. The summed E-state index contributed by atoms with van der Waals surface area (Å²) < 4.78 is 1.17. The van der Waals surface area contributed by atoms with Crippen molar-refractivity contribution in [2.24, 2.45) is 0 Å². The van der Waals surface area contributed by atoms with Crippen molar-refractivity contribution < 1.29 is 0 Å². The molecular weight excluding hydrogens is 302 g/mol. The minimum Gasteiger partial charge on any atom is -0.315 e. The van der Waals surface area contributed by atoms with Crippen LogP contribution in [0.1, 0.15) is 12.5 Å². The smallest absolute Gasteiger partial charge is 0.0193 e. The molecule has 3 nitrogen and oxygen atoms in total. The molecule has 1 aliphatic heterocycles. The molecule has 2 rings (SSSR count). The third-order valence-corrected chi connectivity index (χ3v) is 4.19. The van der Waals surface area contributed by atoms with Crippen molar-refractivity contribution in [2.45, 2.75) is 19.4 Å². The number of rotatable bonds is 6. The standard InChI is InChI=1S/C15H24BrN3/c1-13(19-9-7-17-8-10-19)12-18-6-5-14-3-2-4-15(16)11-14/h2-4,11,13,17-18H,5-10,12H2,1H3. The number of benzene rings is 1. The second-order valence-electron chi connectivity index (χ2n) is 5.22. The minimum absolute atomic E-state index is 0.629. The summed E-state index contributed by atoms with van der Waals surface area (Å²) in [5.74, 6) is 0. The fourth-order valence-corrected chi connectivity index (χ4v) is 2.93. The zero-order valence-electron chi connectivity index (χ0n) is 11.7. The van der Waals surface area contributed by atoms with Gasteiger partial charge in [-0.3, -0.25) is 4.90 Å². The van der Waals surface area contributed by atoms with E-state index in [0.29, 0.717) is 6.04 Å². The van der Waals surface area contributed by atoms with Crippen LogP contribution >= 0.6 is 15.9 Å². The normalized spacial score (nSPS) is 18.4. The average Bonchev–Trinajstić information content (AvgIpc) is 2.44. The average molecular weight is 326 g/mol. The highest BCUT2D eigenvalue weighted by Crippen LogP contribution is 2.11. The molecule has 1 unspecified atom stereocenters. The lowest BCUT2D eigenvalue weighted by molar-refractivity contribution is 0.181. The lowest BCUT2D eigenvalue weighted by atomic mass is 10.1. The Balaban J connectivity index is 1.63. The van der Waals surface area contributed by atoms with Gasteiger partial charge in [-0.1, -0.05) is 28.1 Å². The predicted molar refractivity (Wildman–Crippen MR) is 84.6 cm³/mol. The first kappa shape index (κ1) is 15.0. The van der Waals surface area contributed by atoms with Gasteiger partial charge >= 0.3 is 0 Å². The molecule has 1 atom stereocenters. The van der Waals surface area contributed by atoms with Gasteiger partial charge in [0.15, 0.2) is 0 Å². The van der Waals surface area contributed by atoms with Crippen LogP contribution in [0, 0.1) is 0 Å². The Morgan fingerprint density at radius 2 is 2.16 bits per heavy atom. The van der Waals surface area contributed by atoms with Crippen molar-refractivity contribution >= 4 is 15.9 Å². The first-order valence-electron chi connectivity index (χ1n) is 7.15. The molecule has 19 heavy (non-hydrogen) atoms. The summed E-state index contributed by atoms with van der Waals surface area (Å²) in [6, 6.07) is 9.18. The molecule has 1 fully saturated rings. The molecule has 2 N–H and O–H groups in total. The summed E-state index contributed by atoms with van der Waals surface area (Å²) in [4.78, 5) is 2.56. The fraction of sp³-hybridized carbons (Fsp3) is 0.600. The maximum atomic E-state index is 3.57. The molecule has 1 heterocycles. The van der Waals surface area contributed by atoms with Crippen molar-refractivity contribution in [3.05, 3.63) is 34.3 Å². The van der Waals surface area contributed by atoms with Gasteiger partial charge in [0.1, 0.15) is 0 Å². The number of hydrogen-bond donors (Lipinski definition) is 2. The van der Waals surface area contributed by atoms with Crippen LogP contribution in [-0.4, -0.2) is 50.2 Å². The summed E-state index contributed by atoms with van der Waals surface area (Å²) in [5.41, 5.74) is 1.39. The molecule has 1 saturated heterocycles. The van der Waals surface area contributed by atoms with Crippen molar-refractivity contribution in [1.82, 2.24) is 15.5 Å². The minimum atomic E-state index is 0.629. The SMILES string of the molecule is CC(CNCCc1cccc(Br)c1)N1CCNCC1. The van der Waals surface area contributed by atoms with Crippen molar-refractivity contribution in [3.8, 4) is 0 Å². The van der Waals surface area contributed by atoms with Gasteiger partial charge in [0, 0.05) is 43.2 Å². The van der Waals surface area contributed by atoms with Gasteiger partial charge in [0.25, 0.3) is 0 Å². The van der Waals surface area contributed by atoms with Crippen LogP contribution in [0.4, 0.5) is 0 Å². The van der Waals surface area contributed by atoms with Crippen molar-refractivity contribution in [2.75, 3.05) is 39.3 Å². The summed E-state index contributed by atoms with van der Waals surface area (Å²) >= 11 is 3.51. The van der Waals surface area contributed by atoms with E-state index in [9.17, 15) is 0 Å². The Labute approximate surface area is 124 Å². The summed E-state index contributed by atoms with van der Waals surface area (Å²) in [6.07, 6.45) is 1.09. The zero-order valence-corrected chi connectivity index (χ0v) is 13.2. The van der Waals surface area contributed by atoms with Crippen molar-refractivity contribution in [1.29, 1.82) is 0 Å². The van der Waals surface area contributed by atoms with Gasteiger partial charge < -0.3 is 10.6 Å². The molecule has 0 bridgehead atoms. The molecule has 0 saturated carbocycles. The highest BCUT2D eigenvalue weighted by molar-refractivity contribution is 9.10. The highest BCUT2D eigenvalue weighted by Gasteiger charge is 2.15. The van der Waals surface area contributed by atoms with Gasteiger partial charge in [-0.25, -0.2) is 0 Å². The topological polar surface area (TPSA) is 27.3 Å². The maximum Gasteiger partial charge on any atom is 0.0193 e. The van der Waals surface area contributed by atoms with Crippen LogP contribution in [0.25, 0.3) is 0 Å². The Kier molecular flexibility index (Phi) is 6.31. The highest BCUT2D eigenvalue weighted by atomic mass is 79.9. The van der Waals surface area contributed by atoms with Gasteiger partial charge in [-0.05, 0) is 37.6 Å². The van der Waals surface area contributed by atoms with Gasteiger partial charge in [0.2, 0.25) is 0 Å². The Morgan fingerprint density at radius 3 is 2.89 bits per heavy atom.